The van der Waals surface area contributed by atoms with E-state index in [4.69, 9.17) is 19.6 Å². The van der Waals surface area contributed by atoms with Crippen LogP contribution in [-0.2, 0) is 27.2 Å². The largest absolute Gasteiger partial charge is 0.420 e. The fourth-order valence-electron chi connectivity index (χ4n) is 4.36. The van der Waals surface area contributed by atoms with Gasteiger partial charge in [0.15, 0.2) is 11.4 Å². The molecule has 2 N–H and O–H groups in total. The molecule has 1 aliphatic heterocycles. The van der Waals surface area contributed by atoms with Crippen LogP contribution in [0.25, 0.3) is 22.2 Å². The average Bonchev–Trinajstić information content (AvgIpc) is 3.17. The Balaban J connectivity index is 1.47. The van der Waals surface area contributed by atoms with Gasteiger partial charge in [0.05, 0.1) is 36.2 Å². The van der Waals surface area contributed by atoms with Gasteiger partial charge < -0.3 is 19.6 Å². The molecular formula is C26H29N3O5. The third-order valence-electron chi connectivity index (χ3n) is 6.51. The van der Waals surface area contributed by atoms with E-state index >= 15 is 0 Å². The van der Waals surface area contributed by atoms with Crippen LogP contribution in [0.1, 0.15) is 24.8 Å². The van der Waals surface area contributed by atoms with E-state index in [2.05, 4.69) is 6.07 Å². The number of carbonyl (C=O) groups is 1. The fourth-order valence-corrected chi connectivity index (χ4v) is 4.36. The highest BCUT2D eigenvalue weighted by molar-refractivity contribution is 5.88. The zero-order chi connectivity index (χ0) is 24.1. The summed E-state index contributed by atoms with van der Waals surface area (Å²) < 4.78 is 17.3. The quantitative estimate of drug-likeness (QED) is 0.518. The summed E-state index contributed by atoms with van der Waals surface area (Å²) in [5.74, 6) is -0.900. The second-order valence-electron chi connectivity index (χ2n) is 8.82. The summed E-state index contributed by atoms with van der Waals surface area (Å²) in [6, 6.07) is 15.8. The minimum absolute atomic E-state index is 0.0631. The van der Waals surface area contributed by atoms with Crippen LogP contribution in [0.5, 0.6) is 0 Å². The zero-order valence-corrected chi connectivity index (χ0v) is 19.3. The summed E-state index contributed by atoms with van der Waals surface area (Å²) in [4.78, 5) is 24.9. The van der Waals surface area contributed by atoms with E-state index in [-0.39, 0.29) is 12.2 Å². The Morgan fingerprint density at radius 2 is 1.91 bits per heavy atom. The number of oxazole rings is 1. The lowest BCUT2D eigenvalue weighted by atomic mass is 9.81. The highest BCUT2D eigenvalue weighted by Gasteiger charge is 2.36. The number of rotatable bonds is 9. The Morgan fingerprint density at radius 3 is 2.59 bits per heavy atom. The molecule has 0 amide bonds. The molecule has 1 fully saturated rings. The maximum absolute atomic E-state index is 12.7. The highest BCUT2D eigenvalue weighted by Crippen LogP contribution is 2.27. The van der Waals surface area contributed by atoms with Crippen molar-refractivity contribution < 1.29 is 18.7 Å². The molecule has 1 atom stereocenters. The van der Waals surface area contributed by atoms with Crippen LogP contribution < -0.4 is 11.5 Å². The number of hydrogen-bond donors (Lipinski definition) is 1. The van der Waals surface area contributed by atoms with E-state index in [1.54, 1.807) is 17.7 Å². The summed E-state index contributed by atoms with van der Waals surface area (Å²) >= 11 is 0. The van der Waals surface area contributed by atoms with Crippen molar-refractivity contribution in [3.8, 4) is 17.2 Å². The van der Waals surface area contributed by atoms with Crippen molar-refractivity contribution in [2.24, 2.45) is 11.7 Å². The first kappa shape index (κ1) is 23.9. The number of fused-ring (bicyclic) bond motifs is 1. The molecule has 0 bridgehead atoms. The SMILES string of the molecule is COCCn1c(=O)oc2ccc(-c3ccc(C[C@@H](C#N)CC(=O)C4(N)CCOCC4)cc3)cc21. The van der Waals surface area contributed by atoms with E-state index in [9.17, 15) is 14.9 Å². The molecule has 178 valence electrons. The maximum Gasteiger partial charge on any atom is 0.420 e. The Hall–Kier alpha value is -3.25. The molecule has 8 heteroatoms. The number of Topliss-reactive ketones (excluding diaryl/α,β-unsaturated/α-hetero) is 1. The van der Waals surface area contributed by atoms with Crippen LogP contribution in [0.3, 0.4) is 0 Å². The van der Waals surface area contributed by atoms with Crippen molar-refractivity contribution in [1.82, 2.24) is 4.57 Å². The van der Waals surface area contributed by atoms with E-state index in [0.29, 0.717) is 51.2 Å². The van der Waals surface area contributed by atoms with Gasteiger partial charge in [-0.05, 0) is 48.1 Å². The molecule has 8 nitrogen and oxygen atoms in total. The Bertz CT molecular complexity index is 1250. The number of ether oxygens (including phenoxy) is 2. The van der Waals surface area contributed by atoms with Crippen LogP contribution in [0.2, 0.25) is 0 Å². The molecule has 0 aliphatic carbocycles. The number of ketones is 1. The summed E-state index contributed by atoms with van der Waals surface area (Å²) in [5.41, 5.74) is 9.56. The first-order valence-corrected chi connectivity index (χ1v) is 11.4. The van der Waals surface area contributed by atoms with Gasteiger partial charge in [-0.1, -0.05) is 30.3 Å². The standard InChI is InChI=1S/C26H29N3O5/c1-32-13-10-29-22-16-21(6-7-23(22)34-25(29)31)20-4-2-18(3-5-20)14-19(17-27)15-24(30)26(28)8-11-33-12-9-26/h2-7,16,19H,8-15,28H2,1H3/t19-/m1/s1. The smallest absolute Gasteiger partial charge is 0.408 e. The molecule has 2 heterocycles. The van der Waals surface area contributed by atoms with Crippen LogP contribution in [0.15, 0.2) is 51.7 Å². The molecule has 0 unspecified atom stereocenters. The van der Waals surface area contributed by atoms with Gasteiger partial charge in [-0.15, -0.1) is 0 Å². The number of nitrogens with zero attached hydrogens (tertiary/aromatic N) is 2. The number of nitrogens with two attached hydrogens (primary N) is 1. The number of carbonyl (C=O) groups excluding carboxylic acids is 1. The van der Waals surface area contributed by atoms with Crippen molar-refractivity contribution in [3.05, 3.63) is 58.6 Å². The highest BCUT2D eigenvalue weighted by atomic mass is 16.5. The lowest BCUT2D eigenvalue weighted by molar-refractivity contribution is -0.128. The number of nitriles is 1. The molecule has 1 aromatic heterocycles. The minimum Gasteiger partial charge on any atom is -0.408 e. The average molecular weight is 464 g/mol. The van der Waals surface area contributed by atoms with Gasteiger partial charge in [-0.25, -0.2) is 4.79 Å². The summed E-state index contributed by atoms with van der Waals surface area (Å²) in [5, 5.41) is 9.63. The Morgan fingerprint density at radius 1 is 1.21 bits per heavy atom. The summed E-state index contributed by atoms with van der Waals surface area (Å²) in [7, 11) is 1.59. The van der Waals surface area contributed by atoms with Crippen molar-refractivity contribution in [2.45, 2.75) is 37.8 Å². The summed E-state index contributed by atoms with van der Waals surface area (Å²) in [6.45, 7) is 1.78. The third-order valence-corrected chi connectivity index (χ3v) is 6.51. The molecule has 2 aromatic carbocycles. The Kier molecular flexibility index (Phi) is 7.27. The third kappa shape index (κ3) is 5.12. The van der Waals surface area contributed by atoms with Crippen LogP contribution >= 0.6 is 0 Å². The molecule has 0 saturated carbocycles. The van der Waals surface area contributed by atoms with Crippen LogP contribution in [0.4, 0.5) is 0 Å². The van der Waals surface area contributed by atoms with Crippen LogP contribution in [-0.4, -0.2) is 42.8 Å². The zero-order valence-electron chi connectivity index (χ0n) is 19.3. The molecule has 3 aromatic rings. The molecule has 1 saturated heterocycles. The predicted octanol–water partition coefficient (Wildman–Crippen LogP) is 3.06. The lowest BCUT2D eigenvalue weighted by Crippen LogP contribution is -2.52. The molecule has 34 heavy (non-hydrogen) atoms. The van der Waals surface area contributed by atoms with Gasteiger partial charge in [0, 0.05) is 26.7 Å². The van der Waals surface area contributed by atoms with Gasteiger partial charge in [-0.3, -0.25) is 9.36 Å². The monoisotopic (exact) mass is 463 g/mol. The first-order valence-electron chi connectivity index (χ1n) is 11.4. The Labute approximate surface area is 197 Å². The van der Waals surface area contributed by atoms with Crippen molar-refractivity contribution in [3.63, 3.8) is 0 Å². The summed E-state index contributed by atoms with van der Waals surface area (Å²) in [6.07, 6.45) is 1.62. The van der Waals surface area contributed by atoms with Crippen molar-refractivity contribution >= 4 is 16.9 Å². The molecule has 0 spiro atoms. The second-order valence-corrected chi connectivity index (χ2v) is 8.82. The molecular weight excluding hydrogens is 434 g/mol. The van der Waals surface area contributed by atoms with E-state index in [0.717, 1.165) is 22.2 Å². The second kappa shape index (κ2) is 10.3. The molecule has 0 radical (unpaired) electrons. The van der Waals surface area contributed by atoms with Gasteiger partial charge in [0.25, 0.3) is 0 Å². The van der Waals surface area contributed by atoms with E-state index < -0.39 is 17.2 Å². The van der Waals surface area contributed by atoms with Gasteiger partial charge in [0.1, 0.15) is 0 Å². The molecule has 1 aliphatic rings. The number of benzene rings is 2. The topological polar surface area (TPSA) is 120 Å². The van der Waals surface area contributed by atoms with Gasteiger partial charge >= 0.3 is 5.76 Å². The normalized spacial score (nSPS) is 16.3. The molecule has 4 rings (SSSR count). The predicted molar refractivity (Wildman–Crippen MR) is 127 cm³/mol. The van der Waals surface area contributed by atoms with Crippen LogP contribution in [0, 0.1) is 17.2 Å². The number of aromatic nitrogens is 1. The minimum atomic E-state index is -0.882. The first-order chi connectivity index (χ1) is 16.4. The van der Waals surface area contributed by atoms with E-state index in [1.165, 1.54) is 0 Å². The maximum atomic E-state index is 12.7. The number of methoxy groups -OCH3 is 1. The lowest BCUT2D eigenvalue weighted by Gasteiger charge is -2.32. The van der Waals surface area contributed by atoms with Crippen molar-refractivity contribution in [1.29, 1.82) is 5.26 Å². The number of hydrogen-bond acceptors (Lipinski definition) is 7. The van der Waals surface area contributed by atoms with E-state index in [1.807, 2.05) is 36.4 Å². The van der Waals surface area contributed by atoms with Gasteiger partial charge in [-0.2, -0.15) is 5.26 Å². The fraction of sp³-hybridized carbons (Fsp3) is 0.423. The van der Waals surface area contributed by atoms with Gasteiger partial charge in [0.2, 0.25) is 0 Å². The van der Waals surface area contributed by atoms with Crippen molar-refractivity contribution in [2.75, 3.05) is 26.9 Å².